The lowest BCUT2D eigenvalue weighted by atomic mass is 10.3. The molecule has 0 bridgehead atoms. The first-order valence-corrected chi connectivity index (χ1v) is 5.28. The molecular weight excluding hydrogens is 202 g/mol. The van der Waals surface area contributed by atoms with E-state index in [4.69, 9.17) is 5.84 Å². The second-order valence-corrected chi connectivity index (χ2v) is 4.21. The Morgan fingerprint density at radius 3 is 2.71 bits per heavy atom. The van der Waals surface area contributed by atoms with Crippen LogP contribution in [0.4, 0.5) is 5.69 Å². The van der Waals surface area contributed by atoms with E-state index in [1.54, 1.807) is 12.1 Å². The molecule has 0 aromatic heterocycles. The molecule has 0 aliphatic carbocycles. The Kier molecular flexibility index (Phi) is 3.10. The molecule has 0 fully saturated rings. The van der Waals surface area contributed by atoms with Gasteiger partial charge >= 0.3 is 0 Å². The lowest BCUT2D eigenvalue weighted by molar-refractivity contribution is 0.590. The zero-order valence-corrected chi connectivity index (χ0v) is 8.21. The summed E-state index contributed by atoms with van der Waals surface area (Å²) in [6, 6.07) is 6.14. The number of rotatable bonds is 4. The van der Waals surface area contributed by atoms with Gasteiger partial charge in [-0.15, -0.1) is 0 Å². The van der Waals surface area contributed by atoms with Gasteiger partial charge in [-0.05, 0) is 18.2 Å². The van der Waals surface area contributed by atoms with Gasteiger partial charge in [0, 0.05) is 11.9 Å². The Hall–Kier alpha value is -1.53. The highest BCUT2D eigenvalue weighted by Crippen LogP contribution is 2.13. The normalized spacial score (nSPS) is 10.6. The summed E-state index contributed by atoms with van der Waals surface area (Å²) >= 11 is 0. The molecular formula is C8H11N3O2S. The van der Waals surface area contributed by atoms with E-state index in [2.05, 4.69) is 16.7 Å². The number of nitrogens with one attached hydrogen (secondary N) is 2. The lowest BCUT2D eigenvalue weighted by Crippen LogP contribution is -2.17. The van der Waals surface area contributed by atoms with Crippen molar-refractivity contribution < 1.29 is 8.42 Å². The van der Waals surface area contributed by atoms with E-state index in [0.717, 1.165) is 6.20 Å². The molecule has 0 spiro atoms. The Morgan fingerprint density at radius 1 is 1.43 bits per heavy atom. The van der Waals surface area contributed by atoms with E-state index in [9.17, 15) is 8.42 Å². The van der Waals surface area contributed by atoms with Gasteiger partial charge in [-0.25, -0.2) is 8.42 Å². The first-order chi connectivity index (χ1) is 6.60. The van der Waals surface area contributed by atoms with Crippen LogP contribution >= 0.6 is 0 Å². The number of hydrazine groups is 1. The zero-order valence-electron chi connectivity index (χ0n) is 7.40. The van der Waals surface area contributed by atoms with Gasteiger partial charge in [-0.1, -0.05) is 12.6 Å². The van der Waals surface area contributed by atoms with Crippen LogP contribution in [0, 0.1) is 0 Å². The number of nitrogen functional groups attached to an aromatic ring is 1. The van der Waals surface area contributed by atoms with E-state index in [1.807, 2.05) is 0 Å². The average Bonchev–Trinajstić information content (AvgIpc) is 2.18. The SMILES string of the molecule is C=CNS(=O)(=O)c1cccc(NN)c1. The molecule has 0 saturated heterocycles. The average molecular weight is 213 g/mol. The highest BCUT2D eigenvalue weighted by molar-refractivity contribution is 7.89. The van der Waals surface area contributed by atoms with Crippen molar-refractivity contribution in [2.75, 3.05) is 5.43 Å². The van der Waals surface area contributed by atoms with Crippen LogP contribution in [0.5, 0.6) is 0 Å². The van der Waals surface area contributed by atoms with Crippen molar-refractivity contribution in [1.29, 1.82) is 0 Å². The summed E-state index contributed by atoms with van der Waals surface area (Å²) in [5, 5.41) is 0. The van der Waals surface area contributed by atoms with Crippen molar-refractivity contribution in [1.82, 2.24) is 4.72 Å². The minimum atomic E-state index is -3.51. The quantitative estimate of drug-likeness (QED) is 0.499. The van der Waals surface area contributed by atoms with Gasteiger partial charge < -0.3 is 5.43 Å². The molecule has 14 heavy (non-hydrogen) atoms. The molecule has 76 valence electrons. The predicted molar refractivity (Wildman–Crippen MR) is 54.8 cm³/mol. The predicted octanol–water partition coefficient (Wildman–Crippen LogP) is 0.394. The van der Waals surface area contributed by atoms with Crippen LogP contribution < -0.4 is 16.0 Å². The Bertz CT molecular complexity index is 428. The maximum Gasteiger partial charge on any atom is 0.261 e. The number of hydrogen-bond acceptors (Lipinski definition) is 4. The third-order valence-electron chi connectivity index (χ3n) is 1.55. The Morgan fingerprint density at radius 2 is 2.14 bits per heavy atom. The maximum absolute atomic E-state index is 11.4. The van der Waals surface area contributed by atoms with Gasteiger partial charge in [0.05, 0.1) is 4.90 Å². The molecule has 0 saturated carbocycles. The second-order valence-electron chi connectivity index (χ2n) is 2.50. The summed E-state index contributed by atoms with van der Waals surface area (Å²) < 4.78 is 25.1. The molecule has 0 amide bonds. The van der Waals surface area contributed by atoms with Gasteiger partial charge in [0.15, 0.2) is 0 Å². The molecule has 0 heterocycles. The van der Waals surface area contributed by atoms with Crippen molar-refractivity contribution in [3.8, 4) is 0 Å². The molecule has 0 radical (unpaired) electrons. The van der Waals surface area contributed by atoms with Crippen molar-refractivity contribution in [2.24, 2.45) is 5.84 Å². The summed E-state index contributed by atoms with van der Waals surface area (Å²) in [4.78, 5) is 0.132. The van der Waals surface area contributed by atoms with Gasteiger partial charge in [-0.3, -0.25) is 10.6 Å². The summed E-state index contributed by atoms with van der Waals surface area (Å²) in [6.07, 6.45) is 1.11. The molecule has 0 unspecified atom stereocenters. The summed E-state index contributed by atoms with van der Waals surface area (Å²) in [5.74, 6) is 5.15. The highest BCUT2D eigenvalue weighted by Gasteiger charge is 2.11. The number of hydrogen-bond donors (Lipinski definition) is 3. The maximum atomic E-state index is 11.4. The molecule has 5 nitrogen and oxygen atoms in total. The molecule has 4 N–H and O–H groups in total. The van der Waals surface area contributed by atoms with Gasteiger partial charge in [-0.2, -0.15) is 0 Å². The summed E-state index contributed by atoms with van der Waals surface area (Å²) in [7, 11) is -3.51. The van der Waals surface area contributed by atoms with Gasteiger partial charge in [0.1, 0.15) is 0 Å². The van der Waals surface area contributed by atoms with Crippen LogP contribution in [0.2, 0.25) is 0 Å². The first kappa shape index (κ1) is 10.6. The van der Waals surface area contributed by atoms with Crippen LogP contribution in [0.3, 0.4) is 0 Å². The van der Waals surface area contributed by atoms with E-state index in [0.29, 0.717) is 5.69 Å². The van der Waals surface area contributed by atoms with Crippen LogP contribution in [0.1, 0.15) is 0 Å². The smallest absolute Gasteiger partial charge is 0.261 e. The molecule has 1 aromatic rings. The molecule has 6 heteroatoms. The van der Waals surface area contributed by atoms with Gasteiger partial charge in [0.2, 0.25) is 0 Å². The Balaban J connectivity index is 3.12. The topological polar surface area (TPSA) is 84.2 Å². The van der Waals surface area contributed by atoms with Crippen molar-refractivity contribution in [3.63, 3.8) is 0 Å². The van der Waals surface area contributed by atoms with Crippen molar-refractivity contribution >= 4 is 15.7 Å². The van der Waals surface area contributed by atoms with Crippen LogP contribution in [0.25, 0.3) is 0 Å². The second kappa shape index (κ2) is 4.12. The molecule has 0 atom stereocenters. The van der Waals surface area contributed by atoms with Crippen LogP contribution in [0.15, 0.2) is 41.9 Å². The van der Waals surface area contributed by atoms with Crippen molar-refractivity contribution in [2.45, 2.75) is 4.90 Å². The molecule has 0 aliphatic rings. The fourth-order valence-corrected chi connectivity index (χ4v) is 1.83. The lowest BCUT2D eigenvalue weighted by Gasteiger charge is -2.05. The monoisotopic (exact) mass is 213 g/mol. The van der Waals surface area contributed by atoms with Crippen LogP contribution in [-0.4, -0.2) is 8.42 Å². The third-order valence-corrected chi connectivity index (χ3v) is 2.90. The van der Waals surface area contributed by atoms with E-state index < -0.39 is 10.0 Å². The van der Waals surface area contributed by atoms with E-state index in [1.165, 1.54) is 12.1 Å². The van der Waals surface area contributed by atoms with E-state index in [-0.39, 0.29) is 4.90 Å². The molecule has 0 aliphatic heterocycles. The zero-order chi connectivity index (χ0) is 10.6. The van der Waals surface area contributed by atoms with Gasteiger partial charge in [0.25, 0.3) is 10.0 Å². The van der Waals surface area contributed by atoms with Crippen molar-refractivity contribution in [3.05, 3.63) is 37.0 Å². The number of sulfonamides is 1. The Labute approximate surface area is 82.6 Å². The fraction of sp³-hybridized carbons (Fsp3) is 0. The number of anilines is 1. The largest absolute Gasteiger partial charge is 0.324 e. The highest BCUT2D eigenvalue weighted by atomic mass is 32.2. The number of benzene rings is 1. The number of nitrogens with two attached hydrogens (primary N) is 1. The third kappa shape index (κ3) is 2.24. The standard InChI is InChI=1S/C8H11N3O2S/c1-2-10-14(12,13)8-5-3-4-7(6-8)11-9/h2-6,10-11H,1,9H2. The van der Waals surface area contributed by atoms with E-state index >= 15 is 0 Å². The summed E-state index contributed by atoms with van der Waals surface area (Å²) in [6.45, 7) is 3.28. The van der Waals surface area contributed by atoms with Crippen LogP contribution in [-0.2, 0) is 10.0 Å². The summed E-state index contributed by atoms with van der Waals surface area (Å²) in [5.41, 5.74) is 2.89. The molecule has 1 rings (SSSR count). The fourth-order valence-electron chi connectivity index (χ4n) is 0.931. The minimum Gasteiger partial charge on any atom is -0.324 e. The minimum absolute atomic E-state index is 0.132. The first-order valence-electron chi connectivity index (χ1n) is 3.80. The molecule has 1 aromatic carbocycles.